The SMILES string of the molecule is C#Cc1nccn2ncc(C(C#N)NC=O)c12. The number of nitriles is 1. The standard InChI is InChI=1S/C11H7N5O/c1-2-9-11-8(10(5-12)14-7-17)6-15-16(11)4-3-13-9/h1,3-4,6-7,10H,(H,14,17). The second-order valence-corrected chi connectivity index (χ2v) is 3.16. The quantitative estimate of drug-likeness (QED) is 0.589. The number of hydrogen-bond acceptors (Lipinski definition) is 4. The maximum Gasteiger partial charge on any atom is 0.208 e. The molecule has 17 heavy (non-hydrogen) atoms. The molecule has 0 fully saturated rings. The highest BCUT2D eigenvalue weighted by atomic mass is 16.1. The van der Waals surface area contributed by atoms with Crippen LogP contribution in [0.5, 0.6) is 0 Å². The van der Waals surface area contributed by atoms with E-state index in [2.05, 4.69) is 21.3 Å². The molecule has 0 spiro atoms. The van der Waals surface area contributed by atoms with Crippen molar-refractivity contribution in [1.29, 1.82) is 5.26 Å². The molecule has 6 nitrogen and oxygen atoms in total. The molecule has 0 saturated carbocycles. The Balaban J connectivity index is 2.67. The first kappa shape index (κ1) is 10.7. The highest BCUT2D eigenvalue weighted by Gasteiger charge is 2.17. The van der Waals surface area contributed by atoms with Gasteiger partial charge < -0.3 is 5.32 Å². The molecular weight excluding hydrogens is 218 g/mol. The molecule has 0 aliphatic heterocycles. The third-order valence-electron chi connectivity index (χ3n) is 2.27. The summed E-state index contributed by atoms with van der Waals surface area (Å²) in [6.45, 7) is 0. The fourth-order valence-electron chi connectivity index (χ4n) is 1.55. The van der Waals surface area contributed by atoms with Gasteiger partial charge in [0.05, 0.1) is 12.3 Å². The molecular formula is C11H7N5O. The summed E-state index contributed by atoms with van der Waals surface area (Å²) < 4.78 is 1.52. The molecule has 1 amide bonds. The molecule has 0 aliphatic carbocycles. The Morgan fingerprint density at radius 3 is 3.12 bits per heavy atom. The number of nitrogens with one attached hydrogen (secondary N) is 1. The van der Waals surface area contributed by atoms with E-state index in [4.69, 9.17) is 11.7 Å². The van der Waals surface area contributed by atoms with Gasteiger partial charge in [0.15, 0.2) is 0 Å². The summed E-state index contributed by atoms with van der Waals surface area (Å²) in [5.74, 6) is 2.42. The number of carbonyl (C=O) groups excluding carboxylic acids is 1. The van der Waals surface area contributed by atoms with Crippen LogP contribution in [0.15, 0.2) is 18.6 Å². The van der Waals surface area contributed by atoms with Gasteiger partial charge >= 0.3 is 0 Å². The van der Waals surface area contributed by atoms with Crippen LogP contribution in [0.1, 0.15) is 17.3 Å². The van der Waals surface area contributed by atoms with Crippen LogP contribution in [0.4, 0.5) is 0 Å². The summed E-state index contributed by atoms with van der Waals surface area (Å²) in [5.41, 5.74) is 1.46. The van der Waals surface area contributed by atoms with Crippen molar-refractivity contribution >= 4 is 11.9 Å². The lowest BCUT2D eigenvalue weighted by Gasteiger charge is -2.06. The Labute approximate surface area is 96.9 Å². The van der Waals surface area contributed by atoms with Crippen molar-refractivity contribution in [2.75, 3.05) is 0 Å². The Morgan fingerprint density at radius 2 is 2.47 bits per heavy atom. The predicted molar refractivity (Wildman–Crippen MR) is 58.5 cm³/mol. The normalized spacial score (nSPS) is 11.4. The molecule has 1 atom stereocenters. The lowest BCUT2D eigenvalue weighted by molar-refractivity contribution is -0.109. The van der Waals surface area contributed by atoms with Gasteiger partial charge in [-0.15, -0.1) is 6.42 Å². The molecule has 0 aliphatic rings. The van der Waals surface area contributed by atoms with Crippen molar-refractivity contribution in [3.63, 3.8) is 0 Å². The smallest absolute Gasteiger partial charge is 0.208 e. The molecule has 2 rings (SSSR count). The fourth-order valence-corrected chi connectivity index (χ4v) is 1.55. The van der Waals surface area contributed by atoms with Crippen molar-refractivity contribution < 1.29 is 4.79 Å². The Hall–Kier alpha value is -2.86. The van der Waals surface area contributed by atoms with Crippen LogP contribution in [-0.2, 0) is 4.79 Å². The summed E-state index contributed by atoms with van der Waals surface area (Å²) in [5, 5.41) is 15.4. The Morgan fingerprint density at radius 1 is 1.65 bits per heavy atom. The van der Waals surface area contributed by atoms with E-state index in [1.54, 1.807) is 6.20 Å². The van der Waals surface area contributed by atoms with E-state index < -0.39 is 6.04 Å². The van der Waals surface area contributed by atoms with E-state index >= 15 is 0 Å². The molecule has 0 radical (unpaired) electrons. The first-order valence-corrected chi connectivity index (χ1v) is 4.70. The van der Waals surface area contributed by atoms with E-state index in [9.17, 15) is 4.79 Å². The number of aromatic nitrogens is 3. The first-order valence-electron chi connectivity index (χ1n) is 4.70. The van der Waals surface area contributed by atoms with Crippen molar-refractivity contribution in [2.24, 2.45) is 0 Å². The highest BCUT2D eigenvalue weighted by Crippen LogP contribution is 2.20. The molecule has 2 aromatic rings. The second kappa shape index (κ2) is 4.33. The number of fused-ring (bicyclic) bond motifs is 1. The minimum Gasteiger partial charge on any atom is -0.339 e. The molecule has 1 unspecified atom stereocenters. The molecule has 82 valence electrons. The van der Waals surface area contributed by atoms with Gasteiger partial charge in [-0.1, -0.05) is 0 Å². The van der Waals surface area contributed by atoms with Gasteiger partial charge in [0.25, 0.3) is 0 Å². The summed E-state index contributed by atoms with van der Waals surface area (Å²) in [4.78, 5) is 14.4. The number of terminal acetylenes is 1. The third kappa shape index (κ3) is 1.68. The van der Waals surface area contributed by atoms with Gasteiger partial charge in [-0.25, -0.2) is 9.50 Å². The summed E-state index contributed by atoms with van der Waals surface area (Å²) >= 11 is 0. The minimum atomic E-state index is -0.790. The highest BCUT2D eigenvalue weighted by molar-refractivity contribution is 5.66. The number of amides is 1. The molecule has 6 heteroatoms. The molecule has 0 aromatic carbocycles. The number of carbonyl (C=O) groups is 1. The molecule has 0 bridgehead atoms. The van der Waals surface area contributed by atoms with Crippen LogP contribution >= 0.6 is 0 Å². The zero-order valence-electron chi connectivity index (χ0n) is 8.66. The monoisotopic (exact) mass is 225 g/mol. The summed E-state index contributed by atoms with van der Waals surface area (Å²) in [7, 11) is 0. The van der Waals surface area contributed by atoms with Crippen LogP contribution in [0.25, 0.3) is 5.52 Å². The van der Waals surface area contributed by atoms with E-state index in [1.165, 1.54) is 16.9 Å². The largest absolute Gasteiger partial charge is 0.339 e. The Kier molecular flexibility index (Phi) is 2.71. The van der Waals surface area contributed by atoms with Crippen molar-refractivity contribution in [2.45, 2.75) is 6.04 Å². The molecule has 1 N–H and O–H groups in total. The van der Waals surface area contributed by atoms with Crippen LogP contribution in [0.2, 0.25) is 0 Å². The zero-order chi connectivity index (χ0) is 12.3. The minimum absolute atomic E-state index is 0.382. The number of nitrogens with zero attached hydrogens (tertiary/aromatic N) is 4. The third-order valence-corrected chi connectivity index (χ3v) is 2.27. The lowest BCUT2D eigenvalue weighted by atomic mass is 10.1. The van der Waals surface area contributed by atoms with Gasteiger partial charge in [-0.3, -0.25) is 4.79 Å². The Bertz CT molecular complexity index is 646. The van der Waals surface area contributed by atoms with Gasteiger partial charge in [0.1, 0.15) is 17.3 Å². The molecule has 2 heterocycles. The number of rotatable bonds is 3. The lowest BCUT2D eigenvalue weighted by Crippen LogP contribution is -2.17. The van der Waals surface area contributed by atoms with Gasteiger partial charge in [-0.05, 0) is 5.92 Å². The first-order chi connectivity index (χ1) is 8.31. The van der Waals surface area contributed by atoms with E-state index in [0.717, 1.165) is 0 Å². The van der Waals surface area contributed by atoms with E-state index in [0.29, 0.717) is 23.2 Å². The molecule has 0 saturated heterocycles. The van der Waals surface area contributed by atoms with Crippen molar-refractivity contribution in [3.8, 4) is 18.4 Å². The average Bonchev–Trinajstić information content (AvgIpc) is 2.79. The summed E-state index contributed by atoms with van der Waals surface area (Å²) in [6, 6.07) is 1.17. The summed E-state index contributed by atoms with van der Waals surface area (Å²) in [6.07, 6.45) is 10.4. The second-order valence-electron chi connectivity index (χ2n) is 3.16. The van der Waals surface area contributed by atoms with E-state index in [1.807, 2.05) is 6.07 Å². The topological polar surface area (TPSA) is 83.1 Å². The van der Waals surface area contributed by atoms with Gasteiger partial charge in [0.2, 0.25) is 6.41 Å². The van der Waals surface area contributed by atoms with Gasteiger partial charge in [0, 0.05) is 18.0 Å². The van der Waals surface area contributed by atoms with Crippen molar-refractivity contribution in [3.05, 3.63) is 29.8 Å². The number of hydrogen-bond donors (Lipinski definition) is 1. The predicted octanol–water partition coefficient (Wildman–Crippen LogP) is 0.0213. The average molecular weight is 225 g/mol. The zero-order valence-corrected chi connectivity index (χ0v) is 8.66. The van der Waals surface area contributed by atoms with Crippen LogP contribution in [0.3, 0.4) is 0 Å². The van der Waals surface area contributed by atoms with Crippen LogP contribution < -0.4 is 5.32 Å². The fraction of sp³-hybridized carbons (Fsp3) is 0.0909. The maximum atomic E-state index is 10.4. The van der Waals surface area contributed by atoms with Crippen LogP contribution in [0, 0.1) is 23.7 Å². The van der Waals surface area contributed by atoms with Crippen molar-refractivity contribution in [1.82, 2.24) is 19.9 Å². The van der Waals surface area contributed by atoms with E-state index in [-0.39, 0.29) is 0 Å². The maximum absolute atomic E-state index is 10.4. The van der Waals surface area contributed by atoms with Gasteiger partial charge in [-0.2, -0.15) is 10.4 Å². The molecule has 2 aromatic heterocycles. The van der Waals surface area contributed by atoms with Crippen LogP contribution in [-0.4, -0.2) is 21.0 Å².